The highest BCUT2D eigenvalue weighted by atomic mass is 19.4. The Morgan fingerprint density at radius 2 is 1.65 bits per heavy atom. The first kappa shape index (κ1) is 15.8. The van der Waals surface area contributed by atoms with Gasteiger partial charge in [-0.05, 0) is 17.7 Å². The van der Waals surface area contributed by atoms with Crippen molar-refractivity contribution in [1.29, 1.82) is 5.26 Å². The van der Waals surface area contributed by atoms with Gasteiger partial charge >= 0.3 is 18.3 Å². The normalized spacial score (nSPS) is 12.3. The van der Waals surface area contributed by atoms with Gasteiger partial charge in [0.2, 0.25) is 0 Å². The van der Waals surface area contributed by atoms with E-state index in [1.807, 2.05) is 0 Å². The van der Waals surface area contributed by atoms with Crippen molar-refractivity contribution in [3.8, 4) is 6.07 Å². The number of aromatic carboxylic acids is 1. The number of alkyl halides is 6. The molecule has 1 aromatic rings. The lowest BCUT2D eigenvalue weighted by Gasteiger charge is -2.24. The van der Waals surface area contributed by atoms with Gasteiger partial charge in [-0.1, -0.05) is 6.07 Å². The van der Waals surface area contributed by atoms with Gasteiger partial charge < -0.3 is 5.11 Å². The third-order valence-electron chi connectivity index (χ3n) is 2.39. The molecule has 0 fully saturated rings. The number of carbonyl (C=O) groups is 1. The topological polar surface area (TPSA) is 61.1 Å². The van der Waals surface area contributed by atoms with Crippen molar-refractivity contribution in [2.24, 2.45) is 0 Å². The SMILES string of the molecule is N#Cc1cc(C(=O)O)ccc1C(C(F)(F)F)C(F)(F)F. The van der Waals surface area contributed by atoms with Gasteiger partial charge in [-0.2, -0.15) is 31.6 Å². The lowest BCUT2D eigenvalue weighted by molar-refractivity contribution is -0.253. The Kier molecular flexibility index (Phi) is 3.98. The number of benzene rings is 1. The molecule has 9 heteroatoms. The van der Waals surface area contributed by atoms with Crippen LogP contribution in [-0.4, -0.2) is 23.4 Å². The molecule has 0 amide bonds. The van der Waals surface area contributed by atoms with Crippen LogP contribution in [0.5, 0.6) is 0 Å². The molecule has 0 saturated heterocycles. The van der Waals surface area contributed by atoms with Gasteiger partial charge in [-0.25, -0.2) is 4.79 Å². The first-order valence-electron chi connectivity index (χ1n) is 4.89. The Hall–Kier alpha value is -2.24. The average molecular weight is 297 g/mol. The fourth-order valence-electron chi connectivity index (χ4n) is 1.58. The number of halogens is 6. The smallest absolute Gasteiger partial charge is 0.404 e. The van der Waals surface area contributed by atoms with Crippen molar-refractivity contribution in [2.45, 2.75) is 18.3 Å². The lowest BCUT2D eigenvalue weighted by atomic mass is 9.92. The third kappa shape index (κ3) is 3.20. The highest BCUT2D eigenvalue weighted by Gasteiger charge is 2.58. The number of nitriles is 1. The number of carboxylic acid groups (broad SMARTS) is 1. The summed E-state index contributed by atoms with van der Waals surface area (Å²) in [4.78, 5) is 10.6. The minimum absolute atomic E-state index is 0.355. The summed E-state index contributed by atoms with van der Waals surface area (Å²) in [6, 6.07) is 2.57. The molecule has 0 atom stereocenters. The van der Waals surface area contributed by atoms with E-state index in [4.69, 9.17) is 10.4 Å². The zero-order valence-electron chi connectivity index (χ0n) is 9.38. The number of nitrogens with zero attached hydrogens (tertiary/aromatic N) is 1. The van der Waals surface area contributed by atoms with Gasteiger partial charge in [0.1, 0.15) is 0 Å². The molecule has 108 valence electrons. The minimum Gasteiger partial charge on any atom is -0.478 e. The highest BCUT2D eigenvalue weighted by molar-refractivity contribution is 5.88. The Balaban J connectivity index is 3.51. The Bertz CT molecular complexity index is 556. The van der Waals surface area contributed by atoms with Gasteiger partial charge in [0, 0.05) is 0 Å². The predicted molar refractivity (Wildman–Crippen MR) is 53.0 cm³/mol. The van der Waals surface area contributed by atoms with Gasteiger partial charge in [0.25, 0.3) is 0 Å². The van der Waals surface area contributed by atoms with Crippen LogP contribution in [0.3, 0.4) is 0 Å². The van der Waals surface area contributed by atoms with Crippen LogP contribution in [0.1, 0.15) is 27.4 Å². The summed E-state index contributed by atoms with van der Waals surface area (Å²) < 4.78 is 75.2. The summed E-state index contributed by atoms with van der Waals surface area (Å²) in [7, 11) is 0. The summed E-state index contributed by atoms with van der Waals surface area (Å²) in [5.74, 6) is -5.41. The van der Waals surface area contributed by atoms with Crippen molar-refractivity contribution in [3.05, 3.63) is 34.9 Å². The van der Waals surface area contributed by atoms with Gasteiger partial charge in [0.15, 0.2) is 5.92 Å². The number of hydrogen-bond acceptors (Lipinski definition) is 2. The first-order chi connectivity index (χ1) is 8.98. The molecular formula is C11H5F6NO2. The highest BCUT2D eigenvalue weighted by Crippen LogP contribution is 2.47. The van der Waals surface area contributed by atoms with E-state index in [0.29, 0.717) is 18.2 Å². The average Bonchev–Trinajstić information content (AvgIpc) is 2.25. The van der Waals surface area contributed by atoms with Crippen LogP contribution in [0, 0.1) is 11.3 Å². The third-order valence-corrected chi connectivity index (χ3v) is 2.39. The molecule has 0 aromatic heterocycles. The maximum Gasteiger partial charge on any atom is 0.404 e. The molecule has 0 aliphatic rings. The van der Waals surface area contributed by atoms with E-state index < -0.39 is 40.9 Å². The number of rotatable bonds is 2. The number of hydrogen-bond donors (Lipinski definition) is 1. The molecule has 1 rings (SSSR count). The zero-order chi connectivity index (χ0) is 15.7. The van der Waals surface area contributed by atoms with Crippen LogP contribution in [-0.2, 0) is 0 Å². The molecule has 0 bridgehead atoms. The molecule has 0 aliphatic carbocycles. The zero-order valence-corrected chi connectivity index (χ0v) is 9.38. The quantitative estimate of drug-likeness (QED) is 0.850. The Morgan fingerprint density at radius 1 is 1.15 bits per heavy atom. The maximum atomic E-state index is 12.5. The van der Waals surface area contributed by atoms with E-state index >= 15 is 0 Å². The molecule has 0 radical (unpaired) electrons. The van der Waals surface area contributed by atoms with E-state index in [0.717, 1.165) is 6.07 Å². The molecule has 1 N–H and O–H groups in total. The largest absolute Gasteiger partial charge is 0.478 e. The minimum atomic E-state index is -5.64. The predicted octanol–water partition coefficient (Wildman–Crippen LogP) is 3.46. The number of carboxylic acids is 1. The van der Waals surface area contributed by atoms with Crippen LogP contribution < -0.4 is 0 Å². The Morgan fingerprint density at radius 3 is 2.00 bits per heavy atom. The van der Waals surface area contributed by atoms with E-state index in [2.05, 4.69) is 0 Å². The monoisotopic (exact) mass is 297 g/mol. The molecule has 0 spiro atoms. The molecule has 20 heavy (non-hydrogen) atoms. The second-order valence-electron chi connectivity index (χ2n) is 3.74. The molecule has 0 unspecified atom stereocenters. The summed E-state index contributed by atoms with van der Waals surface area (Å²) >= 11 is 0. The molecular weight excluding hydrogens is 292 g/mol. The first-order valence-corrected chi connectivity index (χ1v) is 4.89. The Labute approximate surface area is 108 Å². The van der Waals surface area contributed by atoms with Crippen LogP contribution in [0.15, 0.2) is 18.2 Å². The van der Waals surface area contributed by atoms with Crippen molar-refractivity contribution < 1.29 is 36.2 Å². The maximum absolute atomic E-state index is 12.5. The van der Waals surface area contributed by atoms with Crippen LogP contribution in [0.2, 0.25) is 0 Å². The van der Waals surface area contributed by atoms with Crippen molar-refractivity contribution in [2.75, 3.05) is 0 Å². The molecule has 0 saturated carbocycles. The van der Waals surface area contributed by atoms with E-state index in [9.17, 15) is 31.1 Å². The van der Waals surface area contributed by atoms with Gasteiger partial charge in [-0.3, -0.25) is 0 Å². The molecule has 0 heterocycles. The van der Waals surface area contributed by atoms with Crippen LogP contribution >= 0.6 is 0 Å². The fraction of sp³-hybridized carbons (Fsp3) is 0.273. The van der Waals surface area contributed by atoms with E-state index in [1.165, 1.54) is 0 Å². The van der Waals surface area contributed by atoms with Crippen LogP contribution in [0.25, 0.3) is 0 Å². The summed E-state index contributed by atoms with van der Waals surface area (Å²) in [5.41, 5.74) is -2.88. The second-order valence-corrected chi connectivity index (χ2v) is 3.74. The lowest BCUT2D eigenvalue weighted by Crippen LogP contribution is -2.34. The van der Waals surface area contributed by atoms with Gasteiger partial charge in [-0.15, -0.1) is 0 Å². The molecule has 1 aromatic carbocycles. The standard InChI is InChI=1S/C11H5F6NO2/c12-10(13,14)8(11(15,16)17)7-2-1-5(9(19)20)3-6(7)4-18/h1-3,8H,(H,19,20). The van der Waals surface area contributed by atoms with E-state index in [1.54, 1.807) is 0 Å². The molecule has 0 aliphatic heterocycles. The van der Waals surface area contributed by atoms with Gasteiger partial charge in [0.05, 0.1) is 17.2 Å². The van der Waals surface area contributed by atoms with Crippen molar-refractivity contribution in [3.63, 3.8) is 0 Å². The van der Waals surface area contributed by atoms with Crippen molar-refractivity contribution in [1.82, 2.24) is 0 Å². The summed E-state index contributed by atoms with van der Waals surface area (Å²) in [6.07, 6.45) is -11.3. The second kappa shape index (κ2) is 5.03. The van der Waals surface area contributed by atoms with Crippen molar-refractivity contribution >= 4 is 5.97 Å². The summed E-state index contributed by atoms with van der Waals surface area (Å²) in [5, 5.41) is 17.2. The van der Waals surface area contributed by atoms with Crippen LogP contribution in [0.4, 0.5) is 26.3 Å². The fourth-order valence-corrected chi connectivity index (χ4v) is 1.58. The van der Waals surface area contributed by atoms with E-state index in [-0.39, 0.29) is 0 Å². The summed E-state index contributed by atoms with van der Waals surface area (Å²) in [6.45, 7) is 0. The molecule has 3 nitrogen and oxygen atoms in total.